The molecular formula is C16H25ClN3O-. The fraction of sp³-hybridized carbons (Fsp3) is 0.438. The summed E-state index contributed by atoms with van der Waals surface area (Å²) in [5.41, 5.74) is 4.12. The summed E-state index contributed by atoms with van der Waals surface area (Å²) >= 11 is 0. The van der Waals surface area contributed by atoms with Crippen LogP contribution in [-0.4, -0.2) is 19.1 Å². The Labute approximate surface area is 134 Å². The quantitative estimate of drug-likeness (QED) is 0.848. The molecule has 0 atom stereocenters. The fourth-order valence-electron chi connectivity index (χ4n) is 1.94. The average molecular weight is 311 g/mol. The van der Waals surface area contributed by atoms with Gasteiger partial charge in [-0.05, 0) is 58.4 Å². The number of rotatable bonds is 5. The number of anilines is 2. The number of hydrogen-bond donors (Lipinski definition) is 2. The highest BCUT2D eigenvalue weighted by Gasteiger charge is 2.06. The van der Waals surface area contributed by atoms with Crippen LogP contribution in [0, 0.1) is 6.92 Å². The molecule has 0 aliphatic rings. The minimum absolute atomic E-state index is 0. The highest BCUT2D eigenvalue weighted by atomic mass is 35.5. The Kier molecular flexibility index (Phi) is 8.55. The van der Waals surface area contributed by atoms with Crippen molar-refractivity contribution in [2.24, 2.45) is 0 Å². The van der Waals surface area contributed by atoms with Gasteiger partial charge in [0.25, 0.3) is 0 Å². The lowest BCUT2D eigenvalue weighted by atomic mass is 10.1. The molecular weight excluding hydrogens is 286 g/mol. The lowest BCUT2D eigenvalue weighted by Crippen LogP contribution is -3.00. The van der Waals surface area contributed by atoms with Crippen LogP contribution in [0.15, 0.2) is 30.0 Å². The van der Waals surface area contributed by atoms with Crippen molar-refractivity contribution in [3.63, 3.8) is 0 Å². The van der Waals surface area contributed by atoms with E-state index in [1.54, 1.807) is 6.20 Å². The van der Waals surface area contributed by atoms with E-state index in [-0.39, 0.29) is 18.4 Å². The Balaban J connectivity index is 0.00000400. The van der Waals surface area contributed by atoms with Crippen LogP contribution in [0.4, 0.5) is 16.2 Å². The Hall–Kier alpha value is -1.68. The number of nitrogens with zero attached hydrogens (tertiary/aromatic N) is 1. The maximum atomic E-state index is 11.7. The van der Waals surface area contributed by atoms with Crippen molar-refractivity contribution >= 4 is 17.4 Å². The van der Waals surface area contributed by atoms with Gasteiger partial charge in [0.1, 0.15) is 0 Å². The number of carbonyl (C=O) groups excluding carboxylic acids is 1. The van der Waals surface area contributed by atoms with Crippen LogP contribution >= 0.6 is 0 Å². The molecule has 4 nitrogen and oxygen atoms in total. The molecule has 1 aromatic rings. The summed E-state index contributed by atoms with van der Waals surface area (Å²) in [4.78, 5) is 14.0. The zero-order chi connectivity index (χ0) is 15.1. The van der Waals surface area contributed by atoms with Gasteiger partial charge in [-0.3, -0.25) is 0 Å². The molecule has 1 rings (SSSR count). The van der Waals surface area contributed by atoms with E-state index in [0.717, 1.165) is 29.9 Å². The largest absolute Gasteiger partial charge is 1.00 e. The Morgan fingerprint density at radius 1 is 1.24 bits per heavy atom. The van der Waals surface area contributed by atoms with E-state index in [1.165, 1.54) is 5.69 Å². The minimum atomic E-state index is -0.218. The van der Waals surface area contributed by atoms with Gasteiger partial charge in [-0.2, -0.15) is 0 Å². The molecule has 0 aliphatic heterocycles. The number of benzene rings is 1. The average Bonchev–Trinajstić information content (AvgIpc) is 2.41. The van der Waals surface area contributed by atoms with Gasteiger partial charge in [-0.15, -0.1) is 0 Å². The molecule has 1 aromatic carbocycles. The molecule has 0 heterocycles. The first-order chi connectivity index (χ1) is 9.47. The van der Waals surface area contributed by atoms with Crippen LogP contribution < -0.4 is 27.9 Å². The Morgan fingerprint density at radius 2 is 1.86 bits per heavy atom. The third kappa shape index (κ3) is 6.08. The minimum Gasteiger partial charge on any atom is -1.00 e. The number of urea groups is 1. The lowest BCUT2D eigenvalue weighted by Gasteiger charge is -2.22. The number of aryl methyl sites for hydroxylation is 1. The number of allylic oxidation sites excluding steroid dienone is 1. The van der Waals surface area contributed by atoms with E-state index < -0.39 is 0 Å². The number of hydrogen-bond acceptors (Lipinski definition) is 2. The summed E-state index contributed by atoms with van der Waals surface area (Å²) in [6.45, 7) is 12.1. The van der Waals surface area contributed by atoms with Gasteiger partial charge in [0.15, 0.2) is 0 Å². The highest BCUT2D eigenvalue weighted by Crippen LogP contribution is 2.22. The second-order valence-corrected chi connectivity index (χ2v) is 4.99. The third-order valence-corrected chi connectivity index (χ3v) is 3.08. The van der Waals surface area contributed by atoms with Crippen LogP contribution in [0.2, 0.25) is 0 Å². The van der Waals surface area contributed by atoms with Crippen molar-refractivity contribution in [3.05, 3.63) is 35.5 Å². The monoisotopic (exact) mass is 310 g/mol. The van der Waals surface area contributed by atoms with E-state index in [1.807, 2.05) is 32.9 Å². The van der Waals surface area contributed by atoms with E-state index in [2.05, 4.69) is 35.4 Å². The maximum Gasteiger partial charge on any atom is 0.323 e. The molecule has 2 amide bonds. The molecule has 5 heteroatoms. The molecule has 0 aliphatic carbocycles. The summed E-state index contributed by atoms with van der Waals surface area (Å²) < 4.78 is 0. The molecule has 0 fully saturated rings. The first-order valence-corrected chi connectivity index (χ1v) is 7.04. The molecule has 0 aromatic heterocycles. The molecule has 118 valence electrons. The SMILES string of the molecule is CCN(CC)c1ccc(NC(=O)NC=C(C)C)c(C)c1.[Cl-]. The molecule has 0 spiro atoms. The van der Waals surface area contributed by atoms with Crippen LogP contribution in [0.1, 0.15) is 33.3 Å². The van der Waals surface area contributed by atoms with E-state index >= 15 is 0 Å². The molecule has 0 bridgehead atoms. The summed E-state index contributed by atoms with van der Waals surface area (Å²) in [6, 6.07) is 5.87. The van der Waals surface area contributed by atoms with Crippen LogP contribution in [0.5, 0.6) is 0 Å². The van der Waals surface area contributed by atoms with Gasteiger partial charge < -0.3 is 27.9 Å². The Morgan fingerprint density at radius 3 is 2.33 bits per heavy atom. The van der Waals surface area contributed by atoms with Crippen molar-refractivity contribution in [2.75, 3.05) is 23.3 Å². The highest BCUT2D eigenvalue weighted by molar-refractivity contribution is 5.91. The number of carbonyl (C=O) groups is 1. The number of amides is 2. The van der Waals surface area contributed by atoms with Crippen molar-refractivity contribution in [1.29, 1.82) is 0 Å². The second kappa shape index (κ2) is 9.29. The van der Waals surface area contributed by atoms with E-state index in [9.17, 15) is 4.79 Å². The summed E-state index contributed by atoms with van der Waals surface area (Å²) in [5.74, 6) is 0. The second-order valence-electron chi connectivity index (χ2n) is 4.99. The summed E-state index contributed by atoms with van der Waals surface area (Å²) in [6.07, 6.45) is 1.69. The van der Waals surface area contributed by atoms with Gasteiger partial charge in [-0.25, -0.2) is 4.79 Å². The zero-order valence-corrected chi connectivity index (χ0v) is 14.2. The predicted octanol–water partition coefficient (Wildman–Crippen LogP) is 0.890. The normalized spacial score (nSPS) is 9.38. The molecule has 0 saturated carbocycles. The number of halogens is 1. The third-order valence-electron chi connectivity index (χ3n) is 3.08. The van der Waals surface area contributed by atoms with Crippen molar-refractivity contribution in [3.8, 4) is 0 Å². The van der Waals surface area contributed by atoms with E-state index in [0.29, 0.717) is 0 Å². The number of nitrogens with one attached hydrogen (secondary N) is 2. The van der Waals surface area contributed by atoms with Gasteiger partial charge in [0.2, 0.25) is 0 Å². The van der Waals surface area contributed by atoms with Gasteiger partial charge in [0.05, 0.1) is 0 Å². The molecule has 2 N–H and O–H groups in total. The first-order valence-electron chi connectivity index (χ1n) is 7.04. The topological polar surface area (TPSA) is 44.4 Å². The zero-order valence-electron chi connectivity index (χ0n) is 13.5. The van der Waals surface area contributed by atoms with Gasteiger partial charge in [0, 0.05) is 30.7 Å². The van der Waals surface area contributed by atoms with Crippen molar-refractivity contribution in [1.82, 2.24) is 5.32 Å². The smallest absolute Gasteiger partial charge is 0.323 e. The predicted molar refractivity (Wildman–Crippen MR) is 86.3 cm³/mol. The summed E-state index contributed by atoms with van der Waals surface area (Å²) in [5, 5.41) is 5.55. The van der Waals surface area contributed by atoms with Crippen LogP contribution in [0.3, 0.4) is 0 Å². The van der Waals surface area contributed by atoms with E-state index in [4.69, 9.17) is 0 Å². The lowest BCUT2D eigenvalue weighted by molar-refractivity contribution is -0.00000754. The Bertz CT molecular complexity index is 492. The van der Waals surface area contributed by atoms with Gasteiger partial charge in [-0.1, -0.05) is 5.57 Å². The van der Waals surface area contributed by atoms with Crippen molar-refractivity contribution < 1.29 is 17.2 Å². The van der Waals surface area contributed by atoms with Crippen molar-refractivity contribution in [2.45, 2.75) is 34.6 Å². The fourth-order valence-corrected chi connectivity index (χ4v) is 1.94. The first kappa shape index (κ1) is 19.3. The molecule has 21 heavy (non-hydrogen) atoms. The van der Waals surface area contributed by atoms with Gasteiger partial charge >= 0.3 is 6.03 Å². The summed E-state index contributed by atoms with van der Waals surface area (Å²) in [7, 11) is 0. The molecule has 0 radical (unpaired) electrons. The van der Waals surface area contributed by atoms with Crippen LogP contribution in [-0.2, 0) is 0 Å². The molecule has 0 saturated heterocycles. The maximum absolute atomic E-state index is 11.7. The van der Waals surface area contributed by atoms with Crippen LogP contribution in [0.25, 0.3) is 0 Å². The molecule has 0 unspecified atom stereocenters. The standard InChI is InChI=1S/C16H25N3O.ClH/c1-6-19(7-2)14-8-9-15(13(5)10-14)18-16(20)17-11-12(3)4;/h8-11H,6-7H2,1-5H3,(H2,17,18,20);1H/p-1.